The van der Waals surface area contributed by atoms with Crippen LogP contribution >= 0.6 is 0 Å². The van der Waals surface area contributed by atoms with Crippen molar-refractivity contribution in [1.82, 2.24) is 4.90 Å². The Morgan fingerprint density at radius 2 is 2.31 bits per heavy atom. The number of hydrogen-bond donors (Lipinski definition) is 1. The Bertz CT molecular complexity index is 196. The summed E-state index contributed by atoms with van der Waals surface area (Å²) in [7, 11) is 0. The van der Waals surface area contributed by atoms with Crippen molar-refractivity contribution in [2.45, 2.75) is 26.2 Å². The van der Waals surface area contributed by atoms with Gasteiger partial charge in [-0.15, -0.1) is 0 Å². The van der Waals surface area contributed by atoms with E-state index >= 15 is 0 Å². The van der Waals surface area contributed by atoms with Gasteiger partial charge in [-0.25, -0.2) is 0 Å². The molecule has 2 heteroatoms. The predicted octanol–water partition coefficient (Wildman–Crippen LogP) is 1.92. The molecule has 0 saturated carbocycles. The lowest BCUT2D eigenvalue weighted by Gasteiger charge is -2.21. The first-order valence-corrected chi connectivity index (χ1v) is 5.09. The SMILES string of the molecule is CCCCCN1C=CC(CO)=CC1. The minimum Gasteiger partial charge on any atom is -0.392 e. The second kappa shape index (κ2) is 5.81. The average Bonchev–Trinajstić information content (AvgIpc) is 2.19. The lowest BCUT2D eigenvalue weighted by Crippen LogP contribution is -2.21. The summed E-state index contributed by atoms with van der Waals surface area (Å²) in [6, 6.07) is 0. The fourth-order valence-corrected chi connectivity index (χ4v) is 1.41. The van der Waals surface area contributed by atoms with E-state index in [-0.39, 0.29) is 6.61 Å². The molecule has 2 nitrogen and oxygen atoms in total. The van der Waals surface area contributed by atoms with Gasteiger partial charge in [-0.05, 0) is 24.3 Å². The Hall–Kier alpha value is -0.760. The van der Waals surface area contributed by atoms with Gasteiger partial charge in [0.1, 0.15) is 0 Å². The van der Waals surface area contributed by atoms with Crippen LogP contribution in [0.3, 0.4) is 0 Å². The Labute approximate surface area is 80.6 Å². The molecule has 1 aliphatic heterocycles. The molecule has 0 spiro atoms. The van der Waals surface area contributed by atoms with Crippen molar-refractivity contribution in [3.63, 3.8) is 0 Å². The number of unbranched alkanes of at least 4 members (excludes halogenated alkanes) is 2. The van der Waals surface area contributed by atoms with Gasteiger partial charge in [0, 0.05) is 13.1 Å². The van der Waals surface area contributed by atoms with Crippen LogP contribution in [0.1, 0.15) is 26.2 Å². The third-order valence-electron chi connectivity index (χ3n) is 2.32. The molecule has 0 aromatic heterocycles. The summed E-state index contributed by atoms with van der Waals surface area (Å²) in [5.74, 6) is 0. The van der Waals surface area contributed by atoms with Crippen LogP contribution in [-0.2, 0) is 0 Å². The molecule has 0 saturated heterocycles. The number of hydrogen-bond acceptors (Lipinski definition) is 2. The molecule has 1 rings (SSSR count). The fraction of sp³-hybridized carbons (Fsp3) is 0.636. The molecular weight excluding hydrogens is 162 g/mol. The van der Waals surface area contributed by atoms with Crippen molar-refractivity contribution in [2.75, 3.05) is 19.7 Å². The molecule has 0 aromatic rings. The van der Waals surface area contributed by atoms with Crippen molar-refractivity contribution in [3.8, 4) is 0 Å². The zero-order valence-electron chi connectivity index (χ0n) is 8.37. The van der Waals surface area contributed by atoms with Crippen LogP contribution in [0.5, 0.6) is 0 Å². The van der Waals surface area contributed by atoms with Crippen LogP contribution in [0.25, 0.3) is 0 Å². The molecule has 0 aromatic carbocycles. The molecule has 0 atom stereocenters. The Kier molecular flexibility index (Phi) is 4.61. The zero-order chi connectivity index (χ0) is 9.52. The lowest BCUT2D eigenvalue weighted by molar-refractivity contribution is 0.328. The first-order chi connectivity index (χ1) is 6.36. The summed E-state index contributed by atoms with van der Waals surface area (Å²) in [5.41, 5.74) is 1.03. The maximum Gasteiger partial charge on any atom is 0.0679 e. The van der Waals surface area contributed by atoms with Crippen LogP contribution in [0.4, 0.5) is 0 Å². The van der Waals surface area contributed by atoms with Gasteiger partial charge in [0.05, 0.1) is 6.61 Å². The van der Waals surface area contributed by atoms with Gasteiger partial charge < -0.3 is 10.0 Å². The standard InChI is InChI=1S/C11H19NO/c1-2-3-4-7-12-8-5-11(10-13)6-9-12/h5-6,8,13H,2-4,7,9-10H2,1H3. The Morgan fingerprint density at radius 1 is 1.46 bits per heavy atom. The minimum absolute atomic E-state index is 0.166. The van der Waals surface area contributed by atoms with Crippen molar-refractivity contribution < 1.29 is 5.11 Å². The maximum atomic E-state index is 8.85. The highest BCUT2D eigenvalue weighted by Gasteiger charge is 2.02. The van der Waals surface area contributed by atoms with E-state index in [0.29, 0.717) is 0 Å². The van der Waals surface area contributed by atoms with E-state index in [1.165, 1.54) is 19.3 Å². The van der Waals surface area contributed by atoms with E-state index < -0.39 is 0 Å². The largest absolute Gasteiger partial charge is 0.392 e. The third kappa shape index (κ3) is 3.64. The molecule has 1 heterocycles. The second-order valence-electron chi connectivity index (χ2n) is 3.45. The van der Waals surface area contributed by atoms with Gasteiger partial charge in [0.15, 0.2) is 0 Å². The highest BCUT2D eigenvalue weighted by Crippen LogP contribution is 2.07. The van der Waals surface area contributed by atoms with E-state index in [4.69, 9.17) is 5.11 Å². The molecule has 0 bridgehead atoms. The molecule has 1 N–H and O–H groups in total. The van der Waals surface area contributed by atoms with Gasteiger partial charge in [0.2, 0.25) is 0 Å². The molecule has 0 unspecified atom stereocenters. The Balaban J connectivity index is 2.19. The third-order valence-corrected chi connectivity index (χ3v) is 2.32. The van der Waals surface area contributed by atoms with Crippen LogP contribution in [-0.4, -0.2) is 29.7 Å². The van der Waals surface area contributed by atoms with Crippen molar-refractivity contribution >= 4 is 0 Å². The quantitative estimate of drug-likeness (QED) is 0.655. The van der Waals surface area contributed by atoms with E-state index in [1.54, 1.807) is 0 Å². The number of rotatable bonds is 5. The first kappa shape index (κ1) is 10.3. The Morgan fingerprint density at radius 3 is 2.85 bits per heavy atom. The summed E-state index contributed by atoms with van der Waals surface area (Å²) in [6.07, 6.45) is 10.0. The van der Waals surface area contributed by atoms with Crippen LogP contribution in [0.2, 0.25) is 0 Å². The molecule has 74 valence electrons. The zero-order valence-corrected chi connectivity index (χ0v) is 8.37. The van der Waals surface area contributed by atoms with Crippen molar-refractivity contribution in [3.05, 3.63) is 23.9 Å². The summed E-state index contributed by atoms with van der Waals surface area (Å²) >= 11 is 0. The van der Waals surface area contributed by atoms with E-state index in [1.807, 2.05) is 6.08 Å². The number of aliphatic hydroxyl groups is 1. The maximum absolute atomic E-state index is 8.85. The smallest absolute Gasteiger partial charge is 0.0679 e. The average molecular weight is 181 g/mol. The number of nitrogens with zero attached hydrogens (tertiary/aromatic N) is 1. The minimum atomic E-state index is 0.166. The monoisotopic (exact) mass is 181 g/mol. The summed E-state index contributed by atoms with van der Waals surface area (Å²) < 4.78 is 0. The van der Waals surface area contributed by atoms with E-state index in [9.17, 15) is 0 Å². The molecule has 1 aliphatic rings. The van der Waals surface area contributed by atoms with Gasteiger partial charge >= 0.3 is 0 Å². The van der Waals surface area contributed by atoms with E-state index in [0.717, 1.165) is 18.7 Å². The lowest BCUT2D eigenvalue weighted by atomic mass is 10.2. The van der Waals surface area contributed by atoms with E-state index in [2.05, 4.69) is 24.1 Å². The highest BCUT2D eigenvalue weighted by molar-refractivity contribution is 5.22. The number of aliphatic hydroxyl groups excluding tert-OH is 1. The van der Waals surface area contributed by atoms with Gasteiger partial charge in [-0.2, -0.15) is 0 Å². The summed E-state index contributed by atoms with van der Waals surface area (Å²) in [6.45, 7) is 4.48. The molecule has 0 amide bonds. The second-order valence-corrected chi connectivity index (χ2v) is 3.45. The predicted molar refractivity (Wildman–Crippen MR) is 55.4 cm³/mol. The first-order valence-electron chi connectivity index (χ1n) is 5.09. The summed E-state index contributed by atoms with van der Waals surface area (Å²) in [5, 5.41) is 8.85. The molecule has 13 heavy (non-hydrogen) atoms. The molecule has 0 aliphatic carbocycles. The topological polar surface area (TPSA) is 23.5 Å². The normalized spacial score (nSPS) is 16.2. The summed E-state index contributed by atoms with van der Waals surface area (Å²) in [4.78, 5) is 2.29. The molecular formula is C11H19NO. The van der Waals surface area contributed by atoms with Crippen molar-refractivity contribution in [2.24, 2.45) is 0 Å². The van der Waals surface area contributed by atoms with Crippen molar-refractivity contribution in [1.29, 1.82) is 0 Å². The van der Waals surface area contributed by atoms with Gasteiger partial charge in [-0.3, -0.25) is 0 Å². The fourth-order valence-electron chi connectivity index (χ4n) is 1.41. The van der Waals surface area contributed by atoms with Gasteiger partial charge in [-0.1, -0.05) is 25.8 Å². The molecule has 0 radical (unpaired) electrons. The molecule has 0 fully saturated rings. The van der Waals surface area contributed by atoms with Crippen LogP contribution < -0.4 is 0 Å². The van der Waals surface area contributed by atoms with Gasteiger partial charge in [0.25, 0.3) is 0 Å². The highest BCUT2D eigenvalue weighted by atomic mass is 16.3. The van der Waals surface area contributed by atoms with Crippen LogP contribution in [0, 0.1) is 0 Å². The van der Waals surface area contributed by atoms with Crippen LogP contribution in [0.15, 0.2) is 23.9 Å².